The van der Waals surface area contributed by atoms with E-state index in [2.05, 4.69) is 26.0 Å². The molecule has 1 aliphatic carbocycles. The Morgan fingerprint density at radius 2 is 1.75 bits per heavy atom. The molecule has 7 heteroatoms. The Morgan fingerprint density at radius 3 is 2.58 bits per heavy atom. The van der Waals surface area contributed by atoms with Crippen LogP contribution in [0.2, 0.25) is 0 Å². The van der Waals surface area contributed by atoms with Crippen molar-refractivity contribution < 1.29 is 9.59 Å². The number of rotatable bonds is 4. The van der Waals surface area contributed by atoms with Crippen molar-refractivity contribution in [3.8, 4) is 0 Å². The molecular formula is C17H15N5O2. The van der Waals surface area contributed by atoms with Crippen LogP contribution in [0.25, 0.3) is 11.0 Å². The zero-order valence-electron chi connectivity index (χ0n) is 12.7. The normalized spacial score (nSPS) is 13.7. The van der Waals surface area contributed by atoms with Gasteiger partial charge in [-0.3, -0.25) is 9.59 Å². The Bertz CT molecular complexity index is 929. The van der Waals surface area contributed by atoms with Crippen molar-refractivity contribution in [2.45, 2.75) is 18.9 Å². The van der Waals surface area contributed by atoms with Crippen LogP contribution in [-0.4, -0.2) is 33.3 Å². The Hall–Kier alpha value is -3.22. The van der Waals surface area contributed by atoms with Crippen LogP contribution >= 0.6 is 0 Å². The Balaban J connectivity index is 1.51. The molecule has 7 nitrogen and oxygen atoms in total. The van der Waals surface area contributed by atoms with Crippen LogP contribution in [0.15, 0.2) is 42.5 Å². The fourth-order valence-electron chi connectivity index (χ4n) is 2.42. The first-order chi connectivity index (χ1) is 11.7. The van der Waals surface area contributed by atoms with E-state index in [0.29, 0.717) is 33.9 Å². The van der Waals surface area contributed by atoms with Crippen molar-refractivity contribution in [3.05, 3.63) is 53.6 Å². The first kappa shape index (κ1) is 14.4. The van der Waals surface area contributed by atoms with E-state index in [1.165, 1.54) is 0 Å². The third-order valence-corrected chi connectivity index (χ3v) is 3.87. The molecule has 0 unspecified atom stereocenters. The lowest BCUT2D eigenvalue weighted by Gasteiger charge is -2.08. The minimum Gasteiger partial charge on any atom is -0.349 e. The number of nitrogens with zero attached hydrogens (tertiary/aromatic N) is 2. The maximum atomic E-state index is 12.4. The van der Waals surface area contributed by atoms with E-state index in [1.54, 1.807) is 42.5 Å². The van der Waals surface area contributed by atoms with Gasteiger partial charge in [0.1, 0.15) is 11.0 Å². The van der Waals surface area contributed by atoms with Crippen molar-refractivity contribution in [1.29, 1.82) is 0 Å². The van der Waals surface area contributed by atoms with Gasteiger partial charge in [-0.15, -0.1) is 0 Å². The van der Waals surface area contributed by atoms with Crippen LogP contribution in [0, 0.1) is 0 Å². The number of carbonyl (C=O) groups is 2. The molecular weight excluding hydrogens is 306 g/mol. The summed E-state index contributed by atoms with van der Waals surface area (Å²) in [7, 11) is 0. The van der Waals surface area contributed by atoms with Crippen molar-refractivity contribution in [2.75, 3.05) is 5.32 Å². The van der Waals surface area contributed by atoms with Crippen molar-refractivity contribution in [3.63, 3.8) is 0 Å². The number of fused-ring (bicyclic) bond motifs is 1. The molecule has 2 amide bonds. The molecule has 1 fully saturated rings. The number of anilines is 1. The van der Waals surface area contributed by atoms with Crippen LogP contribution < -0.4 is 10.6 Å². The minimum atomic E-state index is -0.264. The van der Waals surface area contributed by atoms with E-state index in [0.717, 1.165) is 12.8 Å². The Kier molecular flexibility index (Phi) is 3.45. The number of H-pyrrole nitrogens is 1. The minimum absolute atomic E-state index is 0.113. The van der Waals surface area contributed by atoms with Gasteiger partial charge in [-0.1, -0.05) is 6.07 Å². The predicted octanol–water partition coefficient (Wildman–Crippen LogP) is 2.10. The fourth-order valence-corrected chi connectivity index (χ4v) is 2.42. The van der Waals surface area contributed by atoms with Gasteiger partial charge in [0.25, 0.3) is 11.8 Å². The summed E-state index contributed by atoms with van der Waals surface area (Å²) >= 11 is 0. The molecule has 3 N–H and O–H groups in total. The number of aromatic amines is 1. The van der Waals surface area contributed by atoms with E-state index >= 15 is 0 Å². The van der Waals surface area contributed by atoms with E-state index < -0.39 is 0 Å². The number of hydrogen-bond donors (Lipinski definition) is 3. The molecule has 0 bridgehead atoms. The SMILES string of the molecule is O=C(Nc1cccc(C(=O)NC2CC2)c1)c1ccc2n[nH]nc2c1. The molecule has 4 rings (SSSR count). The van der Waals surface area contributed by atoms with Crippen molar-refractivity contribution in [2.24, 2.45) is 0 Å². The maximum Gasteiger partial charge on any atom is 0.255 e. The van der Waals surface area contributed by atoms with Gasteiger partial charge in [-0.2, -0.15) is 15.4 Å². The molecule has 1 aromatic heterocycles. The average Bonchev–Trinajstić information content (AvgIpc) is 3.28. The zero-order chi connectivity index (χ0) is 16.5. The number of nitrogens with one attached hydrogen (secondary N) is 3. The van der Waals surface area contributed by atoms with Crippen LogP contribution in [0.4, 0.5) is 5.69 Å². The summed E-state index contributed by atoms with van der Waals surface area (Å²) in [5.74, 6) is -0.378. The molecule has 1 heterocycles. The maximum absolute atomic E-state index is 12.4. The Labute approximate surface area is 137 Å². The molecule has 120 valence electrons. The monoisotopic (exact) mass is 321 g/mol. The van der Waals surface area contributed by atoms with Gasteiger partial charge in [0.15, 0.2) is 0 Å². The van der Waals surface area contributed by atoms with Gasteiger partial charge in [0.05, 0.1) is 0 Å². The van der Waals surface area contributed by atoms with Crippen LogP contribution in [-0.2, 0) is 0 Å². The zero-order valence-corrected chi connectivity index (χ0v) is 12.7. The molecule has 0 radical (unpaired) electrons. The van der Waals surface area contributed by atoms with Crippen molar-refractivity contribution in [1.82, 2.24) is 20.7 Å². The van der Waals surface area contributed by atoms with Crippen LogP contribution in [0.1, 0.15) is 33.6 Å². The average molecular weight is 321 g/mol. The van der Waals surface area contributed by atoms with Crippen molar-refractivity contribution >= 4 is 28.5 Å². The topological polar surface area (TPSA) is 99.8 Å². The van der Waals surface area contributed by atoms with Gasteiger partial charge < -0.3 is 10.6 Å². The molecule has 1 saturated carbocycles. The molecule has 0 aliphatic heterocycles. The standard InChI is InChI=1S/C17H15N5O2/c23-16(18-12-5-6-12)10-2-1-3-13(8-10)19-17(24)11-4-7-14-15(9-11)21-22-20-14/h1-4,7-9,12H,5-6H2,(H,18,23)(H,19,24)(H,20,21,22). The molecule has 3 aromatic rings. The number of aromatic nitrogens is 3. The summed E-state index contributed by atoms with van der Waals surface area (Å²) in [6, 6.07) is 12.3. The molecule has 2 aromatic carbocycles. The third kappa shape index (κ3) is 2.96. The third-order valence-electron chi connectivity index (χ3n) is 3.87. The second kappa shape index (κ2) is 5.77. The van der Waals surface area contributed by atoms with Crippen LogP contribution in [0.3, 0.4) is 0 Å². The quantitative estimate of drug-likeness (QED) is 0.685. The lowest BCUT2D eigenvalue weighted by atomic mass is 10.1. The van der Waals surface area contributed by atoms with Gasteiger partial charge in [-0.05, 0) is 49.2 Å². The first-order valence-corrected chi connectivity index (χ1v) is 7.72. The lowest BCUT2D eigenvalue weighted by molar-refractivity contribution is 0.0949. The van der Waals surface area contributed by atoms with E-state index in [9.17, 15) is 9.59 Å². The molecule has 0 spiro atoms. The second-order valence-corrected chi connectivity index (χ2v) is 5.81. The van der Waals surface area contributed by atoms with E-state index in [4.69, 9.17) is 0 Å². The predicted molar refractivity (Wildman–Crippen MR) is 88.8 cm³/mol. The highest BCUT2D eigenvalue weighted by Gasteiger charge is 2.23. The summed E-state index contributed by atoms with van der Waals surface area (Å²) in [6.07, 6.45) is 2.07. The number of benzene rings is 2. The molecule has 1 aliphatic rings. The summed E-state index contributed by atoms with van der Waals surface area (Å²) < 4.78 is 0. The fraction of sp³-hybridized carbons (Fsp3) is 0.176. The second-order valence-electron chi connectivity index (χ2n) is 5.81. The van der Waals surface area contributed by atoms with E-state index in [1.807, 2.05) is 0 Å². The number of amides is 2. The summed E-state index contributed by atoms with van der Waals surface area (Å²) in [5, 5.41) is 16.2. The highest BCUT2D eigenvalue weighted by molar-refractivity contribution is 6.06. The highest BCUT2D eigenvalue weighted by Crippen LogP contribution is 2.20. The van der Waals surface area contributed by atoms with Gasteiger partial charge in [0, 0.05) is 22.9 Å². The van der Waals surface area contributed by atoms with Gasteiger partial charge in [0.2, 0.25) is 0 Å². The summed E-state index contributed by atoms with van der Waals surface area (Å²) in [4.78, 5) is 24.5. The largest absolute Gasteiger partial charge is 0.349 e. The highest BCUT2D eigenvalue weighted by atomic mass is 16.2. The van der Waals surface area contributed by atoms with Gasteiger partial charge >= 0.3 is 0 Å². The summed E-state index contributed by atoms with van der Waals surface area (Å²) in [6.45, 7) is 0. The number of hydrogen-bond acceptors (Lipinski definition) is 4. The van der Waals surface area contributed by atoms with Crippen LogP contribution in [0.5, 0.6) is 0 Å². The molecule has 0 saturated heterocycles. The van der Waals surface area contributed by atoms with Gasteiger partial charge in [-0.25, -0.2) is 0 Å². The molecule has 24 heavy (non-hydrogen) atoms. The first-order valence-electron chi connectivity index (χ1n) is 7.72. The summed E-state index contributed by atoms with van der Waals surface area (Å²) in [5.41, 5.74) is 2.91. The molecule has 0 atom stereocenters. The number of carbonyl (C=O) groups excluding carboxylic acids is 2. The smallest absolute Gasteiger partial charge is 0.255 e. The van der Waals surface area contributed by atoms with E-state index in [-0.39, 0.29) is 11.8 Å². The lowest BCUT2D eigenvalue weighted by Crippen LogP contribution is -2.25. The Morgan fingerprint density at radius 1 is 0.958 bits per heavy atom.